The summed E-state index contributed by atoms with van der Waals surface area (Å²) >= 11 is 0. The third-order valence-corrected chi connectivity index (χ3v) is 1.96. The van der Waals surface area contributed by atoms with E-state index in [9.17, 15) is 5.11 Å². The van der Waals surface area contributed by atoms with E-state index in [0.717, 1.165) is 5.69 Å². The second kappa shape index (κ2) is 4.53. The molecule has 3 heteroatoms. The highest BCUT2D eigenvalue weighted by atomic mass is 16.3. The van der Waals surface area contributed by atoms with E-state index in [0.29, 0.717) is 12.8 Å². The fourth-order valence-corrected chi connectivity index (χ4v) is 1.50. The van der Waals surface area contributed by atoms with E-state index in [1.165, 1.54) is 0 Å². The summed E-state index contributed by atoms with van der Waals surface area (Å²) in [5.74, 6) is 0. The summed E-state index contributed by atoms with van der Waals surface area (Å²) in [6.07, 6.45) is 3.06. The first-order valence-corrected chi connectivity index (χ1v) is 4.85. The summed E-state index contributed by atoms with van der Waals surface area (Å²) in [6.45, 7) is 3.54. The van der Waals surface area contributed by atoms with Crippen molar-refractivity contribution in [2.24, 2.45) is 5.73 Å². The van der Waals surface area contributed by atoms with Gasteiger partial charge in [-0.1, -0.05) is 6.07 Å². The number of rotatable bonds is 4. The van der Waals surface area contributed by atoms with Crippen molar-refractivity contribution in [3.8, 4) is 0 Å². The van der Waals surface area contributed by atoms with Crippen molar-refractivity contribution in [1.29, 1.82) is 0 Å². The van der Waals surface area contributed by atoms with E-state index in [1.807, 2.05) is 18.2 Å². The third kappa shape index (κ3) is 4.35. The molecule has 0 saturated heterocycles. The minimum Gasteiger partial charge on any atom is -0.390 e. The lowest BCUT2D eigenvalue weighted by Crippen LogP contribution is -2.33. The number of pyridine rings is 1. The standard InChI is InChI=1S/C11H18N2O/c1-11(2,14)8-9(12)7-10-5-3-4-6-13-10/h3-6,9,14H,7-8,12H2,1-2H3. The summed E-state index contributed by atoms with van der Waals surface area (Å²) in [6, 6.07) is 5.74. The summed E-state index contributed by atoms with van der Waals surface area (Å²) < 4.78 is 0. The van der Waals surface area contributed by atoms with Gasteiger partial charge in [0, 0.05) is 24.4 Å². The Morgan fingerprint density at radius 3 is 2.71 bits per heavy atom. The first-order valence-electron chi connectivity index (χ1n) is 4.85. The molecule has 3 nitrogen and oxygen atoms in total. The van der Waals surface area contributed by atoms with Crippen molar-refractivity contribution in [2.75, 3.05) is 0 Å². The van der Waals surface area contributed by atoms with Gasteiger partial charge in [-0.3, -0.25) is 4.98 Å². The normalized spacial score (nSPS) is 14.0. The van der Waals surface area contributed by atoms with E-state index in [2.05, 4.69) is 4.98 Å². The fraction of sp³-hybridized carbons (Fsp3) is 0.545. The maximum atomic E-state index is 9.57. The Bertz CT molecular complexity index is 266. The van der Waals surface area contributed by atoms with E-state index in [1.54, 1.807) is 20.0 Å². The van der Waals surface area contributed by atoms with Gasteiger partial charge in [0.1, 0.15) is 0 Å². The van der Waals surface area contributed by atoms with Crippen LogP contribution in [0.1, 0.15) is 26.0 Å². The Morgan fingerprint density at radius 1 is 1.50 bits per heavy atom. The Balaban J connectivity index is 2.46. The van der Waals surface area contributed by atoms with Gasteiger partial charge in [0.25, 0.3) is 0 Å². The van der Waals surface area contributed by atoms with Crippen LogP contribution in [0.25, 0.3) is 0 Å². The second-order valence-electron chi connectivity index (χ2n) is 4.30. The van der Waals surface area contributed by atoms with E-state index >= 15 is 0 Å². The van der Waals surface area contributed by atoms with Crippen molar-refractivity contribution < 1.29 is 5.11 Å². The van der Waals surface area contributed by atoms with Crippen molar-refractivity contribution in [3.63, 3.8) is 0 Å². The van der Waals surface area contributed by atoms with Gasteiger partial charge < -0.3 is 10.8 Å². The average molecular weight is 194 g/mol. The molecule has 1 aromatic rings. The average Bonchev–Trinajstić information content (AvgIpc) is 2.02. The predicted octanol–water partition coefficient (Wildman–Crippen LogP) is 1.11. The SMILES string of the molecule is CC(C)(O)CC(N)Cc1ccccn1. The molecule has 0 bridgehead atoms. The summed E-state index contributed by atoms with van der Waals surface area (Å²) in [7, 11) is 0. The van der Waals surface area contributed by atoms with E-state index in [-0.39, 0.29) is 6.04 Å². The summed E-state index contributed by atoms with van der Waals surface area (Å²) in [5.41, 5.74) is 6.17. The smallest absolute Gasteiger partial charge is 0.0606 e. The molecule has 1 unspecified atom stereocenters. The van der Waals surface area contributed by atoms with Crippen LogP contribution in [-0.4, -0.2) is 21.7 Å². The molecule has 3 N–H and O–H groups in total. The summed E-state index contributed by atoms with van der Waals surface area (Å²) in [4.78, 5) is 4.19. The quantitative estimate of drug-likeness (QED) is 0.755. The molecule has 14 heavy (non-hydrogen) atoms. The van der Waals surface area contributed by atoms with E-state index in [4.69, 9.17) is 5.73 Å². The van der Waals surface area contributed by atoms with Gasteiger partial charge in [0.05, 0.1) is 5.60 Å². The van der Waals surface area contributed by atoms with Gasteiger partial charge in [-0.05, 0) is 32.4 Å². The largest absolute Gasteiger partial charge is 0.390 e. The number of hydrogen-bond donors (Lipinski definition) is 2. The van der Waals surface area contributed by atoms with Crippen LogP contribution in [0.4, 0.5) is 0 Å². The van der Waals surface area contributed by atoms with Gasteiger partial charge in [-0.2, -0.15) is 0 Å². The highest BCUT2D eigenvalue weighted by Gasteiger charge is 2.17. The Kier molecular flexibility index (Phi) is 3.61. The van der Waals surface area contributed by atoms with Crippen LogP contribution >= 0.6 is 0 Å². The van der Waals surface area contributed by atoms with Crippen LogP contribution in [0, 0.1) is 0 Å². The zero-order valence-corrected chi connectivity index (χ0v) is 8.77. The molecular weight excluding hydrogens is 176 g/mol. The predicted molar refractivity (Wildman–Crippen MR) is 56.8 cm³/mol. The fourth-order valence-electron chi connectivity index (χ4n) is 1.50. The lowest BCUT2D eigenvalue weighted by Gasteiger charge is -2.21. The molecule has 78 valence electrons. The Morgan fingerprint density at radius 2 is 2.21 bits per heavy atom. The second-order valence-corrected chi connectivity index (χ2v) is 4.30. The lowest BCUT2D eigenvalue weighted by atomic mass is 9.96. The summed E-state index contributed by atoms with van der Waals surface area (Å²) in [5, 5.41) is 9.57. The minimum absolute atomic E-state index is 0.0371. The molecule has 0 aromatic carbocycles. The molecule has 0 spiro atoms. The molecule has 0 aliphatic heterocycles. The van der Waals surface area contributed by atoms with Crippen LogP contribution < -0.4 is 5.73 Å². The minimum atomic E-state index is -0.700. The first kappa shape index (κ1) is 11.1. The van der Waals surface area contributed by atoms with Crippen molar-refractivity contribution in [2.45, 2.75) is 38.3 Å². The molecule has 0 saturated carbocycles. The molecule has 1 heterocycles. The number of hydrogen-bond acceptors (Lipinski definition) is 3. The Labute approximate surface area is 85.0 Å². The number of aromatic nitrogens is 1. The number of aliphatic hydroxyl groups is 1. The zero-order valence-electron chi connectivity index (χ0n) is 8.77. The van der Waals surface area contributed by atoms with Gasteiger partial charge in [-0.15, -0.1) is 0 Å². The molecule has 0 radical (unpaired) electrons. The van der Waals surface area contributed by atoms with Crippen molar-refractivity contribution >= 4 is 0 Å². The van der Waals surface area contributed by atoms with Crippen LogP contribution in [0.2, 0.25) is 0 Å². The van der Waals surface area contributed by atoms with Gasteiger partial charge in [-0.25, -0.2) is 0 Å². The van der Waals surface area contributed by atoms with Crippen LogP contribution in [0.15, 0.2) is 24.4 Å². The first-order chi connectivity index (χ1) is 6.47. The highest BCUT2D eigenvalue weighted by Crippen LogP contribution is 2.11. The lowest BCUT2D eigenvalue weighted by molar-refractivity contribution is 0.0636. The monoisotopic (exact) mass is 194 g/mol. The molecule has 0 aliphatic rings. The van der Waals surface area contributed by atoms with E-state index < -0.39 is 5.60 Å². The van der Waals surface area contributed by atoms with Crippen LogP contribution in [-0.2, 0) is 6.42 Å². The Hall–Kier alpha value is -0.930. The van der Waals surface area contributed by atoms with Crippen molar-refractivity contribution in [3.05, 3.63) is 30.1 Å². The molecule has 0 aliphatic carbocycles. The number of nitrogens with zero attached hydrogens (tertiary/aromatic N) is 1. The molecule has 0 fully saturated rings. The molecule has 0 amide bonds. The maximum absolute atomic E-state index is 9.57. The van der Waals surface area contributed by atoms with Gasteiger partial charge in [0.2, 0.25) is 0 Å². The van der Waals surface area contributed by atoms with Crippen molar-refractivity contribution in [1.82, 2.24) is 4.98 Å². The molecule has 1 aromatic heterocycles. The third-order valence-electron chi connectivity index (χ3n) is 1.96. The van der Waals surface area contributed by atoms with Crippen LogP contribution in [0.3, 0.4) is 0 Å². The van der Waals surface area contributed by atoms with Gasteiger partial charge in [0.15, 0.2) is 0 Å². The highest BCUT2D eigenvalue weighted by molar-refractivity contribution is 5.05. The number of nitrogens with two attached hydrogens (primary N) is 1. The topological polar surface area (TPSA) is 59.1 Å². The van der Waals surface area contributed by atoms with Gasteiger partial charge >= 0.3 is 0 Å². The molecular formula is C11H18N2O. The maximum Gasteiger partial charge on any atom is 0.0606 e. The zero-order chi connectivity index (χ0) is 10.6. The molecule has 1 rings (SSSR count). The molecule has 1 atom stereocenters. The van der Waals surface area contributed by atoms with Crippen LogP contribution in [0.5, 0.6) is 0 Å².